The van der Waals surface area contributed by atoms with Crippen molar-refractivity contribution in [1.82, 2.24) is 4.98 Å². The Morgan fingerprint density at radius 1 is 0.556 bits per heavy atom. The Morgan fingerprint density at radius 2 is 0.926 bits per heavy atom. The number of rotatable bonds is 15. The number of hydrogen-bond donors (Lipinski definition) is 0. The van der Waals surface area contributed by atoms with E-state index in [0.29, 0.717) is 0 Å². The molecule has 0 unspecified atom stereocenters. The zero-order chi connectivity index (χ0) is 19.3. The van der Waals surface area contributed by atoms with Crippen molar-refractivity contribution in [3.63, 3.8) is 0 Å². The second-order valence-corrected chi connectivity index (χ2v) is 8.63. The molecule has 0 saturated heterocycles. The average molecular weight is 400 g/mol. The molecule has 0 amide bonds. The molecule has 0 aliphatic heterocycles. The van der Waals surface area contributed by atoms with Crippen LogP contribution in [0.3, 0.4) is 0 Å². The maximum Gasteiger partial charge on any atom is 0.0780 e. The predicted octanol–water partition coefficient (Wildman–Crippen LogP) is 7.68. The lowest BCUT2D eigenvalue weighted by Gasteiger charge is -2.23. The van der Waals surface area contributed by atoms with Crippen LogP contribution in [0, 0.1) is 0 Å². The van der Waals surface area contributed by atoms with Crippen LogP contribution in [0.4, 0.5) is 0 Å². The van der Waals surface area contributed by atoms with Crippen molar-refractivity contribution in [2.75, 3.05) is 27.7 Å². The van der Waals surface area contributed by atoms with Crippen molar-refractivity contribution in [3.05, 3.63) is 30.6 Å². The highest BCUT2D eigenvalue weighted by molar-refractivity contribution is 5.85. The Morgan fingerprint density at radius 3 is 1.19 bits per heavy atom. The molecule has 1 aromatic heterocycles. The van der Waals surface area contributed by atoms with Crippen molar-refractivity contribution >= 4 is 12.4 Å². The molecule has 0 radical (unpaired) electrons. The number of quaternary nitrogens is 1. The van der Waals surface area contributed by atoms with Gasteiger partial charge in [-0.3, -0.25) is 4.98 Å². The molecule has 0 aromatic carbocycles. The Labute approximate surface area is 177 Å². The average Bonchev–Trinajstić information content (AvgIpc) is 2.63. The molecule has 0 N–H and O–H groups in total. The highest BCUT2D eigenvalue weighted by Crippen LogP contribution is 2.13. The third-order valence-corrected chi connectivity index (χ3v) is 4.75. The number of pyridine rings is 1. The van der Waals surface area contributed by atoms with Gasteiger partial charge in [0, 0.05) is 12.4 Å². The summed E-state index contributed by atoms with van der Waals surface area (Å²) in [5.41, 5.74) is 0. The Balaban J connectivity index is 0. The summed E-state index contributed by atoms with van der Waals surface area (Å²) in [5, 5.41) is 0. The first-order valence-electron chi connectivity index (χ1n) is 11.2. The Bertz CT molecular complexity index is 336. The Hall–Kier alpha value is -0.600. The van der Waals surface area contributed by atoms with Crippen LogP contribution in [0.25, 0.3) is 0 Å². The SMILES string of the molecule is CCCCCCCCCCCCCCCC[N+](C)(C)C.Cl.c1ccncc1. The highest BCUT2D eigenvalue weighted by atomic mass is 35.5. The highest BCUT2D eigenvalue weighted by Gasteiger charge is 2.04. The van der Waals surface area contributed by atoms with E-state index < -0.39 is 0 Å². The lowest BCUT2D eigenvalue weighted by Crippen LogP contribution is -2.35. The first kappa shape index (κ1) is 28.6. The summed E-state index contributed by atoms with van der Waals surface area (Å²) in [6.07, 6.45) is 23.9. The normalized spacial score (nSPS) is 10.7. The lowest BCUT2D eigenvalue weighted by molar-refractivity contribution is -0.870. The van der Waals surface area contributed by atoms with Gasteiger partial charge in [0.2, 0.25) is 0 Å². The zero-order valence-corrected chi connectivity index (χ0v) is 19.6. The summed E-state index contributed by atoms with van der Waals surface area (Å²) in [6, 6.07) is 5.72. The molecule has 0 bridgehead atoms. The van der Waals surface area contributed by atoms with Gasteiger partial charge in [-0.25, -0.2) is 0 Å². The molecule has 160 valence electrons. The van der Waals surface area contributed by atoms with E-state index in [1.807, 2.05) is 18.2 Å². The molecule has 1 aromatic rings. The molecule has 1 rings (SSSR count). The molecule has 3 heteroatoms. The van der Waals surface area contributed by atoms with E-state index in [1.165, 1.54) is 96.4 Å². The summed E-state index contributed by atoms with van der Waals surface area (Å²) >= 11 is 0. The van der Waals surface area contributed by atoms with Crippen LogP contribution in [-0.2, 0) is 0 Å². The van der Waals surface area contributed by atoms with Gasteiger partial charge in [-0.2, -0.15) is 0 Å². The number of hydrogen-bond acceptors (Lipinski definition) is 1. The molecule has 0 aliphatic carbocycles. The van der Waals surface area contributed by atoms with E-state index in [9.17, 15) is 0 Å². The summed E-state index contributed by atoms with van der Waals surface area (Å²) in [4.78, 5) is 3.78. The summed E-state index contributed by atoms with van der Waals surface area (Å²) in [7, 11) is 6.88. The zero-order valence-electron chi connectivity index (χ0n) is 18.8. The van der Waals surface area contributed by atoms with Gasteiger partial charge in [0.25, 0.3) is 0 Å². The van der Waals surface area contributed by atoms with E-state index in [1.54, 1.807) is 12.4 Å². The van der Waals surface area contributed by atoms with Gasteiger partial charge in [0.05, 0.1) is 27.7 Å². The van der Waals surface area contributed by atoms with Crippen molar-refractivity contribution in [1.29, 1.82) is 0 Å². The van der Waals surface area contributed by atoms with Gasteiger partial charge in [0.15, 0.2) is 0 Å². The minimum Gasteiger partial charge on any atom is -0.331 e. The molecule has 2 nitrogen and oxygen atoms in total. The third-order valence-electron chi connectivity index (χ3n) is 4.75. The van der Waals surface area contributed by atoms with E-state index in [2.05, 4.69) is 33.1 Å². The van der Waals surface area contributed by atoms with E-state index in [-0.39, 0.29) is 12.4 Å². The first-order valence-corrected chi connectivity index (χ1v) is 11.2. The minimum absolute atomic E-state index is 0. The third kappa shape index (κ3) is 27.7. The van der Waals surface area contributed by atoms with Gasteiger partial charge in [-0.15, -0.1) is 12.4 Å². The summed E-state index contributed by atoms with van der Waals surface area (Å²) in [6.45, 7) is 3.63. The lowest BCUT2D eigenvalue weighted by atomic mass is 10.0. The predicted molar refractivity (Wildman–Crippen MR) is 125 cm³/mol. The van der Waals surface area contributed by atoms with Crippen LogP contribution in [0.15, 0.2) is 30.6 Å². The van der Waals surface area contributed by atoms with Crippen LogP contribution in [0.2, 0.25) is 0 Å². The van der Waals surface area contributed by atoms with Gasteiger partial charge in [-0.05, 0) is 25.0 Å². The van der Waals surface area contributed by atoms with Crippen LogP contribution in [0.5, 0.6) is 0 Å². The molecule has 1 heterocycles. The molecule has 0 fully saturated rings. The van der Waals surface area contributed by atoms with Gasteiger partial charge in [0.1, 0.15) is 0 Å². The number of nitrogens with zero attached hydrogens (tertiary/aromatic N) is 2. The quantitative estimate of drug-likeness (QED) is 0.217. The van der Waals surface area contributed by atoms with E-state index in [0.717, 1.165) is 4.48 Å². The number of halogens is 1. The van der Waals surface area contributed by atoms with Gasteiger partial charge in [-0.1, -0.05) is 90.0 Å². The summed E-state index contributed by atoms with van der Waals surface area (Å²) in [5.74, 6) is 0. The maximum absolute atomic E-state index is 3.78. The van der Waals surface area contributed by atoms with E-state index >= 15 is 0 Å². The molecule has 0 atom stereocenters. The smallest absolute Gasteiger partial charge is 0.0780 e. The van der Waals surface area contributed by atoms with Crippen molar-refractivity contribution in [2.24, 2.45) is 0 Å². The largest absolute Gasteiger partial charge is 0.331 e. The fourth-order valence-electron chi connectivity index (χ4n) is 3.09. The maximum atomic E-state index is 3.78. The van der Waals surface area contributed by atoms with Gasteiger partial charge < -0.3 is 4.48 Å². The summed E-state index contributed by atoms with van der Waals surface area (Å²) < 4.78 is 1.12. The molecular weight excluding hydrogens is 352 g/mol. The number of unbranched alkanes of at least 4 members (excludes halogenated alkanes) is 13. The standard InChI is InChI=1S/C19H42N.C5H5N.ClH/c1-5-6-7-8-9-10-11-12-13-14-15-16-17-18-19-20(2,3)4;1-2-4-6-5-3-1;/h5-19H2,1-4H3;1-5H;1H/q+1;;. The molecule has 0 spiro atoms. The van der Waals surface area contributed by atoms with Crippen molar-refractivity contribution < 1.29 is 4.48 Å². The molecule has 0 saturated carbocycles. The van der Waals surface area contributed by atoms with Crippen molar-refractivity contribution in [2.45, 2.75) is 96.8 Å². The second kappa shape index (κ2) is 21.7. The van der Waals surface area contributed by atoms with Crippen molar-refractivity contribution in [3.8, 4) is 0 Å². The molecule has 0 aliphatic rings. The topological polar surface area (TPSA) is 12.9 Å². The molecular formula is C24H48ClN2+. The van der Waals surface area contributed by atoms with Crippen LogP contribution in [-0.4, -0.2) is 37.2 Å². The fraction of sp³-hybridized carbons (Fsp3) is 0.792. The second-order valence-electron chi connectivity index (χ2n) is 8.63. The fourth-order valence-corrected chi connectivity index (χ4v) is 3.09. The monoisotopic (exact) mass is 399 g/mol. The minimum atomic E-state index is 0. The van der Waals surface area contributed by atoms with Crippen LogP contribution in [0.1, 0.15) is 96.8 Å². The molecule has 27 heavy (non-hydrogen) atoms. The Kier molecular flexibility index (Phi) is 23.0. The van der Waals surface area contributed by atoms with E-state index in [4.69, 9.17) is 0 Å². The van der Waals surface area contributed by atoms with Crippen LogP contribution >= 0.6 is 12.4 Å². The number of aromatic nitrogens is 1. The first-order chi connectivity index (χ1) is 12.6. The van der Waals surface area contributed by atoms with Gasteiger partial charge >= 0.3 is 0 Å². The van der Waals surface area contributed by atoms with Crippen LogP contribution < -0.4 is 0 Å².